The Morgan fingerprint density at radius 1 is 1.42 bits per heavy atom. The van der Waals surface area contributed by atoms with Crippen LogP contribution in [0.4, 0.5) is 14.9 Å². The number of rotatable bonds is 2. The van der Waals surface area contributed by atoms with Gasteiger partial charge in [-0.1, -0.05) is 6.07 Å². The van der Waals surface area contributed by atoms with Crippen molar-refractivity contribution in [3.8, 4) is 0 Å². The predicted octanol–water partition coefficient (Wildman–Crippen LogP) is 1.12. The molecule has 1 aliphatic rings. The Labute approximate surface area is 108 Å². The molecule has 0 bridgehead atoms. The van der Waals surface area contributed by atoms with E-state index < -0.39 is 29.5 Å². The monoisotopic (exact) mass is 268 g/mol. The highest BCUT2D eigenvalue weighted by molar-refractivity contribution is 6.00. The van der Waals surface area contributed by atoms with Crippen molar-refractivity contribution in [2.75, 3.05) is 18.4 Å². The number of hydrogen-bond acceptors (Lipinski definition) is 3. The number of benzene rings is 1. The van der Waals surface area contributed by atoms with Crippen molar-refractivity contribution in [2.24, 2.45) is 0 Å². The molecule has 1 aromatic rings. The summed E-state index contributed by atoms with van der Waals surface area (Å²) in [6, 6.07) is 3.09. The molecule has 1 fully saturated rings. The number of β-amino-alcohol motifs (C(OH)–C–C–N with tert-alkyl or cyclic N) is 1. The highest BCUT2D eigenvalue weighted by Gasteiger charge is 2.26. The number of carbonyl (C=O) groups excluding carboxylic acids is 1. The third kappa shape index (κ3) is 2.82. The fraction of sp³-hybridized carbons (Fsp3) is 0.333. The minimum atomic E-state index is -1.45. The molecular formula is C12H13FN2O4. The summed E-state index contributed by atoms with van der Waals surface area (Å²) in [5.41, 5.74) is -0.672. The number of carbonyl (C=O) groups is 2. The number of aliphatic hydroxyl groups excluding tert-OH is 1. The highest BCUT2D eigenvalue weighted by atomic mass is 19.1. The standard InChI is InChI=1S/C12H13FN2O4/c13-8-2-1-3-9(10(8)11(17)18)14-12(19)15-5-4-7(16)6-15/h1-3,7,16H,4-6H2,(H,14,19)(H,17,18). The summed E-state index contributed by atoms with van der Waals surface area (Å²) < 4.78 is 13.4. The van der Waals surface area contributed by atoms with Crippen LogP contribution in [0.2, 0.25) is 0 Å². The Kier molecular flexibility index (Phi) is 3.66. The van der Waals surface area contributed by atoms with Crippen molar-refractivity contribution in [3.63, 3.8) is 0 Å². The molecule has 0 aliphatic carbocycles. The van der Waals surface area contributed by atoms with Crippen molar-refractivity contribution in [1.82, 2.24) is 4.90 Å². The number of urea groups is 1. The molecular weight excluding hydrogens is 255 g/mol. The molecule has 19 heavy (non-hydrogen) atoms. The average Bonchev–Trinajstić information content (AvgIpc) is 2.75. The Balaban J connectivity index is 2.17. The van der Waals surface area contributed by atoms with E-state index in [9.17, 15) is 19.1 Å². The van der Waals surface area contributed by atoms with Crippen LogP contribution in [0.25, 0.3) is 0 Å². The first-order chi connectivity index (χ1) is 8.99. The molecule has 1 atom stereocenters. The lowest BCUT2D eigenvalue weighted by atomic mass is 10.1. The van der Waals surface area contributed by atoms with Crippen LogP contribution in [0.1, 0.15) is 16.8 Å². The molecule has 1 saturated heterocycles. The zero-order chi connectivity index (χ0) is 14.0. The summed E-state index contributed by atoms with van der Waals surface area (Å²) in [7, 11) is 0. The van der Waals surface area contributed by atoms with Gasteiger partial charge in [-0.2, -0.15) is 0 Å². The van der Waals surface area contributed by atoms with E-state index >= 15 is 0 Å². The van der Waals surface area contributed by atoms with Gasteiger partial charge >= 0.3 is 12.0 Å². The van der Waals surface area contributed by atoms with E-state index in [2.05, 4.69) is 5.32 Å². The van der Waals surface area contributed by atoms with Crippen LogP contribution in [0.5, 0.6) is 0 Å². The predicted molar refractivity (Wildman–Crippen MR) is 64.6 cm³/mol. The summed E-state index contributed by atoms with van der Waals surface area (Å²) >= 11 is 0. The maximum absolute atomic E-state index is 13.4. The van der Waals surface area contributed by atoms with Gasteiger partial charge in [0.25, 0.3) is 0 Å². The first-order valence-electron chi connectivity index (χ1n) is 5.75. The minimum Gasteiger partial charge on any atom is -0.478 e. The lowest BCUT2D eigenvalue weighted by Gasteiger charge is -2.17. The number of aromatic carboxylic acids is 1. The van der Waals surface area contributed by atoms with Crippen LogP contribution in [-0.2, 0) is 0 Å². The molecule has 0 spiro atoms. The van der Waals surface area contributed by atoms with Crippen molar-refractivity contribution in [3.05, 3.63) is 29.6 Å². The number of anilines is 1. The summed E-state index contributed by atoms with van der Waals surface area (Å²) in [4.78, 5) is 24.1. The van der Waals surface area contributed by atoms with E-state index in [1.807, 2.05) is 0 Å². The number of amides is 2. The van der Waals surface area contributed by atoms with E-state index in [4.69, 9.17) is 5.11 Å². The van der Waals surface area contributed by atoms with Gasteiger partial charge in [0.2, 0.25) is 0 Å². The molecule has 6 nitrogen and oxygen atoms in total. The van der Waals surface area contributed by atoms with Gasteiger partial charge in [0, 0.05) is 13.1 Å². The van der Waals surface area contributed by atoms with Crippen LogP contribution in [-0.4, -0.2) is 46.3 Å². The molecule has 1 aromatic carbocycles. The van der Waals surface area contributed by atoms with E-state index in [0.717, 1.165) is 6.07 Å². The maximum atomic E-state index is 13.4. The van der Waals surface area contributed by atoms with Crippen molar-refractivity contribution < 1.29 is 24.2 Å². The molecule has 0 saturated carbocycles. The van der Waals surface area contributed by atoms with Crippen LogP contribution < -0.4 is 5.32 Å². The van der Waals surface area contributed by atoms with Gasteiger partial charge in [-0.05, 0) is 18.6 Å². The molecule has 0 radical (unpaired) electrons. The largest absolute Gasteiger partial charge is 0.478 e. The highest BCUT2D eigenvalue weighted by Crippen LogP contribution is 2.20. The van der Waals surface area contributed by atoms with Crippen molar-refractivity contribution in [2.45, 2.75) is 12.5 Å². The molecule has 2 amide bonds. The molecule has 7 heteroatoms. The first-order valence-corrected chi connectivity index (χ1v) is 5.75. The lowest BCUT2D eigenvalue weighted by molar-refractivity contribution is 0.0693. The normalized spacial score (nSPS) is 18.4. The second-order valence-corrected chi connectivity index (χ2v) is 4.29. The number of nitrogens with zero attached hydrogens (tertiary/aromatic N) is 1. The summed E-state index contributed by atoms with van der Waals surface area (Å²) in [5.74, 6) is -2.36. The Morgan fingerprint density at radius 3 is 2.74 bits per heavy atom. The zero-order valence-electron chi connectivity index (χ0n) is 9.97. The molecule has 0 aromatic heterocycles. The third-order valence-corrected chi connectivity index (χ3v) is 2.92. The Hall–Kier alpha value is -2.15. The second kappa shape index (κ2) is 5.23. The molecule has 1 heterocycles. The molecule has 102 valence electrons. The number of carboxylic acid groups (broad SMARTS) is 1. The topological polar surface area (TPSA) is 89.9 Å². The minimum absolute atomic E-state index is 0.0983. The smallest absolute Gasteiger partial charge is 0.340 e. The molecule has 3 N–H and O–H groups in total. The molecule has 1 unspecified atom stereocenters. The Bertz CT molecular complexity index is 520. The van der Waals surface area contributed by atoms with Gasteiger partial charge in [-0.25, -0.2) is 14.0 Å². The van der Waals surface area contributed by atoms with Crippen LogP contribution >= 0.6 is 0 Å². The van der Waals surface area contributed by atoms with Crippen LogP contribution in [0, 0.1) is 5.82 Å². The summed E-state index contributed by atoms with van der Waals surface area (Å²) in [6.07, 6.45) is -0.0975. The van der Waals surface area contributed by atoms with Crippen LogP contribution in [0.15, 0.2) is 18.2 Å². The van der Waals surface area contributed by atoms with E-state index in [1.165, 1.54) is 17.0 Å². The van der Waals surface area contributed by atoms with Crippen LogP contribution in [0.3, 0.4) is 0 Å². The second-order valence-electron chi connectivity index (χ2n) is 4.29. The van der Waals surface area contributed by atoms with Gasteiger partial charge < -0.3 is 20.4 Å². The van der Waals surface area contributed by atoms with Crippen molar-refractivity contribution in [1.29, 1.82) is 0 Å². The van der Waals surface area contributed by atoms with E-state index in [0.29, 0.717) is 13.0 Å². The van der Waals surface area contributed by atoms with Crippen molar-refractivity contribution >= 4 is 17.7 Å². The molecule has 1 aliphatic heterocycles. The van der Waals surface area contributed by atoms with E-state index in [-0.39, 0.29) is 12.2 Å². The number of aliphatic hydroxyl groups is 1. The quantitative estimate of drug-likeness (QED) is 0.749. The number of likely N-dealkylation sites (tertiary alicyclic amines) is 1. The third-order valence-electron chi connectivity index (χ3n) is 2.92. The molecule has 2 rings (SSSR count). The number of halogens is 1. The first kappa shape index (κ1) is 13.3. The summed E-state index contributed by atoms with van der Waals surface area (Å²) in [5, 5.41) is 20.6. The van der Waals surface area contributed by atoms with Gasteiger partial charge in [-0.3, -0.25) is 0 Å². The fourth-order valence-electron chi connectivity index (χ4n) is 1.97. The van der Waals surface area contributed by atoms with E-state index in [1.54, 1.807) is 0 Å². The van der Waals surface area contributed by atoms with Gasteiger partial charge in [0.15, 0.2) is 0 Å². The van der Waals surface area contributed by atoms with Gasteiger partial charge in [0.05, 0.1) is 11.8 Å². The average molecular weight is 268 g/mol. The SMILES string of the molecule is O=C(O)c1c(F)cccc1NC(=O)N1CCC(O)C1. The van der Waals surface area contributed by atoms with Gasteiger partial charge in [0.1, 0.15) is 11.4 Å². The maximum Gasteiger partial charge on any atom is 0.340 e. The lowest BCUT2D eigenvalue weighted by Crippen LogP contribution is -2.34. The summed E-state index contributed by atoms with van der Waals surface area (Å²) in [6.45, 7) is 0.564. The zero-order valence-corrected chi connectivity index (χ0v) is 9.97. The van der Waals surface area contributed by atoms with Gasteiger partial charge in [-0.15, -0.1) is 0 Å². The Morgan fingerprint density at radius 2 is 2.16 bits per heavy atom. The fourth-order valence-corrected chi connectivity index (χ4v) is 1.97. The number of nitrogens with one attached hydrogen (secondary N) is 1. The number of carboxylic acids is 1. The number of hydrogen-bond donors (Lipinski definition) is 3.